The quantitative estimate of drug-likeness (QED) is 0.147. The number of amides is 3. The topological polar surface area (TPSA) is 170 Å². The van der Waals surface area contributed by atoms with Crippen LogP contribution in [0.3, 0.4) is 0 Å². The first-order chi connectivity index (χ1) is 20.6. The monoisotopic (exact) mass is 600 g/mol. The number of benzene rings is 1. The van der Waals surface area contributed by atoms with Gasteiger partial charge >= 0.3 is 0 Å². The van der Waals surface area contributed by atoms with Crippen molar-refractivity contribution in [1.29, 1.82) is 0 Å². The summed E-state index contributed by atoms with van der Waals surface area (Å²) in [5.41, 5.74) is 0.435. The van der Waals surface area contributed by atoms with Crippen LogP contribution in [0.25, 0.3) is 0 Å². The summed E-state index contributed by atoms with van der Waals surface area (Å²) in [5.74, 6) is -2.37. The van der Waals surface area contributed by atoms with Crippen LogP contribution in [0.2, 0.25) is 0 Å². The predicted molar refractivity (Wildman–Crippen MR) is 157 cm³/mol. The first kappa shape index (κ1) is 32.7. The van der Waals surface area contributed by atoms with Gasteiger partial charge in [-0.25, -0.2) is 0 Å². The van der Waals surface area contributed by atoms with Gasteiger partial charge in [-0.05, 0) is 51.5 Å². The molecule has 1 aliphatic carbocycles. The molecule has 0 bridgehead atoms. The third-order valence-corrected chi connectivity index (χ3v) is 8.17. The average Bonchev–Trinajstić information content (AvgIpc) is 3.77. The number of nitrogens with zero attached hydrogens (tertiary/aromatic N) is 1. The van der Waals surface area contributed by atoms with Crippen LogP contribution in [0, 0.1) is 0 Å². The number of ketones is 1. The second-order valence-electron chi connectivity index (χ2n) is 11.8. The number of epoxide rings is 1. The number of nitrogens with one attached hydrogen (secondary N) is 3. The van der Waals surface area contributed by atoms with Gasteiger partial charge in [-0.3, -0.25) is 24.1 Å². The number of allylic oxidation sites excluding steroid dienone is 1. The van der Waals surface area contributed by atoms with Crippen molar-refractivity contribution in [2.45, 2.75) is 81.9 Å². The van der Waals surface area contributed by atoms with Gasteiger partial charge < -0.3 is 35.6 Å². The van der Waals surface area contributed by atoms with Crippen LogP contribution < -0.4 is 16.0 Å². The predicted octanol–water partition coefficient (Wildman–Crippen LogP) is 0.136. The van der Waals surface area contributed by atoms with Crippen molar-refractivity contribution in [1.82, 2.24) is 20.9 Å². The second kappa shape index (κ2) is 15.0. The van der Waals surface area contributed by atoms with Gasteiger partial charge in [0.05, 0.1) is 38.5 Å². The van der Waals surface area contributed by atoms with Gasteiger partial charge in [0, 0.05) is 13.1 Å². The number of aliphatic hydroxyl groups excluding tert-OH is 2. The summed E-state index contributed by atoms with van der Waals surface area (Å²) in [4.78, 5) is 55.3. The van der Waals surface area contributed by atoms with Crippen LogP contribution in [0.15, 0.2) is 42.0 Å². The van der Waals surface area contributed by atoms with Crippen LogP contribution in [0.5, 0.6) is 0 Å². The minimum Gasteiger partial charge on any atom is -0.391 e. The molecule has 1 aromatic rings. The normalized spacial score (nSPS) is 24.0. The lowest BCUT2D eigenvalue weighted by Crippen LogP contribution is -2.60. The largest absolute Gasteiger partial charge is 0.391 e. The molecule has 43 heavy (non-hydrogen) atoms. The molecule has 12 nitrogen and oxygen atoms in total. The zero-order valence-corrected chi connectivity index (χ0v) is 24.9. The fourth-order valence-electron chi connectivity index (χ4n) is 5.40. The molecule has 2 saturated heterocycles. The van der Waals surface area contributed by atoms with E-state index in [2.05, 4.69) is 22.0 Å². The van der Waals surface area contributed by atoms with Crippen LogP contribution in [-0.4, -0.2) is 108 Å². The number of rotatable bonds is 14. The summed E-state index contributed by atoms with van der Waals surface area (Å²) in [5, 5.41) is 29.6. The van der Waals surface area contributed by atoms with E-state index in [1.807, 2.05) is 4.90 Å². The fourth-order valence-corrected chi connectivity index (χ4v) is 5.40. The van der Waals surface area contributed by atoms with Gasteiger partial charge in [0.25, 0.3) is 0 Å². The number of hydrogen-bond donors (Lipinski definition) is 5. The Labute approximate surface area is 252 Å². The second-order valence-corrected chi connectivity index (χ2v) is 11.8. The fraction of sp³-hybridized carbons (Fsp3) is 0.613. The van der Waals surface area contributed by atoms with Crippen LogP contribution in [0.4, 0.5) is 0 Å². The Balaban J connectivity index is 1.52. The van der Waals surface area contributed by atoms with Gasteiger partial charge in [-0.2, -0.15) is 0 Å². The van der Waals surface area contributed by atoms with E-state index in [0.717, 1.165) is 31.3 Å². The third-order valence-electron chi connectivity index (χ3n) is 8.17. The zero-order chi connectivity index (χ0) is 31.0. The first-order valence-corrected chi connectivity index (χ1v) is 15.0. The van der Waals surface area contributed by atoms with Gasteiger partial charge in [0.2, 0.25) is 17.7 Å². The molecule has 0 spiro atoms. The molecule has 2 heterocycles. The molecule has 2 fully saturated rings. The lowest BCUT2D eigenvalue weighted by atomic mass is 9.89. The molecule has 6 unspecified atom stereocenters. The molecule has 0 aromatic heterocycles. The summed E-state index contributed by atoms with van der Waals surface area (Å²) in [6.45, 7) is 5.40. The summed E-state index contributed by atoms with van der Waals surface area (Å²) in [6.07, 6.45) is 3.41. The van der Waals surface area contributed by atoms with Crippen LogP contribution in [-0.2, 0) is 28.7 Å². The molecule has 12 heteroatoms. The van der Waals surface area contributed by atoms with Crippen molar-refractivity contribution in [3.05, 3.63) is 47.5 Å². The first-order valence-electron chi connectivity index (χ1n) is 15.0. The van der Waals surface area contributed by atoms with Gasteiger partial charge in [-0.15, -0.1) is 0 Å². The third kappa shape index (κ3) is 9.16. The number of hydrogen-bond acceptors (Lipinski definition) is 9. The Morgan fingerprint density at radius 3 is 2.26 bits per heavy atom. The van der Waals surface area contributed by atoms with Crippen molar-refractivity contribution in [2.75, 3.05) is 39.5 Å². The minimum atomic E-state index is -1.53. The lowest BCUT2D eigenvalue weighted by Gasteiger charge is -2.30. The highest BCUT2D eigenvalue weighted by molar-refractivity contribution is 5.99. The van der Waals surface area contributed by atoms with Gasteiger partial charge in [0.15, 0.2) is 5.78 Å². The Morgan fingerprint density at radius 1 is 0.977 bits per heavy atom. The highest BCUT2D eigenvalue weighted by Gasteiger charge is 2.50. The van der Waals surface area contributed by atoms with E-state index in [1.54, 1.807) is 37.3 Å². The van der Waals surface area contributed by atoms with E-state index in [1.165, 1.54) is 6.92 Å². The Kier molecular flexibility index (Phi) is 11.4. The van der Waals surface area contributed by atoms with Crippen LogP contribution >= 0.6 is 0 Å². The summed E-state index contributed by atoms with van der Waals surface area (Å²) in [6, 6.07) is 4.50. The zero-order valence-electron chi connectivity index (χ0n) is 24.9. The van der Waals surface area contributed by atoms with E-state index in [9.17, 15) is 29.4 Å². The maximum atomic E-state index is 13.8. The number of Topliss-reactive ketones (excluding diaryl/α,β-unsaturated/α-hetero) is 1. The highest BCUT2D eigenvalue weighted by atomic mass is 16.6. The van der Waals surface area contributed by atoms with E-state index >= 15 is 0 Å². The minimum absolute atomic E-state index is 0.0108. The smallest absolute Gasteiger partial charge is 0.246 e. The maximum Gasteiger partial charge on any atom is 0.246 e. The molecule has 4 rings (SSSR count). The molecule has 1 aromatic carbocycles. The summed E-state index contributed by atoms with van der Waals surface area (Å²) < 4.78 is 10.7. The molecule has 6 atom stereocenters. The molecular formula is C31H44N4O8. The molecule has 3 aliphatic rings. The van der Waals surface area contributed by atoms with E-state index in [4.69, 9.17) is 9.47 Å². The molecule has 5 N–H and O–H groups in total. The van der Waals surface area contributed by atoms with Gasteiger partial charge in [0.1, 0.15) is 23.8 Å². The van der Waals surface area contributed by atoms with Crippen molar-refractivity contribution < 1.29 is 38.9 Å². The molecule has 236 valence electrons. The van der Waals surface area contributed by atoms with Crippen molar-refractivity contribution >= 4 is 23.5 Å². The SMILES string of the molecule is CC(O)C(NC(=O)CN1CCOCC1)C(=O)NC(C(=O)NC(CC1=CCCCC1)C(=O)C1(C)CO1)C(O)c1ccccc1. The Morgan fingerprint density at radius 2 is 1.65 bits per heavy atom. The maximum absolute atomic E-state index is 13.8. The van der Waals surface area contributed by atoms with Crippen molar-refractivity contribution in [3.8, 4) is 0 Å². The molecule has 3 amide bonds. The number of morpholine rings is 1. The van der Waals surface area contributed by atoms with Gasteiger partial charge in [-0.1, -0.05) is 42.0 Å². The summed E-state index contributed by atoms with van der Waals surface area (Å²) in [7, 11) is 0. The Bertz CT molecular complexity index is 1160. The van der Waals surface area contributed by atoms with E-state index < -0.39 is 53.7 Å². The van der Waals surface area contributed by atoms with Crippen LogP contribution in [0.1, 0.15) is 57.6 Å². The standard InChI is InChI=1S/C31H44N4O8/c1-20(36)25(33-24(37)18-35-13-15-42-16-14-35)29(40)34-26(27(38)22-11-7-4-8-12-22)30(41)32-23(28(39)31(2)19-43-31)17-21-9-5-3-6-10-21/h4,7-9,11-12,20,23,25-27,36,38H,3,5-6,10,13-19H2,1-2H3,(H,32,41)(H,33,37)(H,34,40). The van der Waals surface area contributed by atoms with E-state index in [0.29, 0.717) is 38.3 Å². The molecule has 2 aliphatic heterocycles. The summed E-state index contributed by atoms with van der Waals surface area (Å²) >= 11 is 0. The molecule has 0 saturated carbocycles. The van der Waals surface area contributed by atoms with Crippen molar-refractivity contribution in [3.63, 3.8) is 0 Å². The molecule has 0 radical (unpaired) electrons. The number of carbonyl (C=O) groups excluding carboxylic acids is 4. The number of aliphatic hydroxyl groups is 2. The highest BCUT2D eigenvalue weighted by Crippen LogP contribution is 2.31. The van der Waals surface area contributed by atoms with Crippen molar-refractivity contribution in [2.24, 2.45) is 0 Å². The number of carbonyl (C=O) groups is 4. The molecular weight excluding hydrogens is 556 g/mol. The van der Waals surface area contributed by atoms with E-state index in [-0.39, 0.29) is 18.9 Å². The lowest BCUT2D eigenvalue weighted by molar-refractivity contribution is -0.138. The average molecular weight is 601 g/mol. The Hall–Kier alpha value is -3.16. The number of ether oxygens (including phenoxy) is 2.